The van der Waals surface area contributed by atoms with Crippen LogP contribution in [0, 0.1) is 0 Å². The van der Waals surface area contributed by atoms with Crippen LogP contribution in [0.15, 0.2) is 35.2 Å². The van der Waals surface area contributed by atoms with Crippen LogP contribution in [0.1, 0.15) is 6.92 Å². The van der Waals surface area contributed by atoms with Crippen molar-refractivity contribution in [3.63, 3.8) is 0 Å². The first-order chi connectivity index (χ1) is 11.2. The quantitative estimate of drug-likeness (QED) is 0.578. The predicted octanol–water partition coefficient (Wildman–Crippen LogP) is 1.00. The minimum Gasteiger partial charge on any atom is -0.495 e. The van der Waals surface area contributed by atoms with Gasteiger partial charge in [-0.25, -0.2) is 17.5 Å². The smallest absolute Gasteiger partial charge is 0.330 e. The number of sulfonamides is 1. The molecule has 0 aliphatic rings. The largest absolute Gasteiger partial charge is 0.495 e. The van der Waals surface area contributed by atoms with Gasteiger partial charge in [0.2, 0.25) is 10.0 Å². The first-order valence-electron chi connectivity index (χ1n) is 6.92. The van der Waals surface area contributed by atoms with E-state index in [4.69, 9.17) is 9.47 Å². The zero-order valence-corrected chi connectivity index (χ0v) is 14.7. The van der Waals surface area contributed by atoms with E-state index in [9.17, 15) is 18.0 Å². The number of amides is 1. The summed E-state index contributed by atoms with van der Waals surface area (Å²) in [4.78, 5) is 23.0. The van der Waals surface area contributed by atoms with Crippen LogP contribution in [0.2, 0.25) is 0 Å². The number of ether oxygens (including phenoxy) is 2. The van der Waals surface area contributed by atoms with Crippen LogP contribution in [0.5, 0.6) is 5.75 Å². The second kappa shape index (κ2) is 8.46. The van der Waals surface area contributed by atoms with Crippen molar-refractivity contribution in [3.05, 3.63) is 30.4 Å². The molecule has 0 saturated heterocycles. The van der Waals surface area contributed by atoms with Crippen molar-refractivity contribution >= 4 is 27.6 Å². The number of benzene rings is 1. The third-order valence-electron chi connectivity index (χ3n) is 2.87. The summed E-state index contributed by atoms with van der Waals surface area (Å²) in [6, 6.07) is 4.08. The van der Waals surface area contributed by atoms with E-state index < -0.39 is 28.5 Å². The second-order valence-electron chi connectivity index (χ2n) is 4.81. The zero-order chi connectivity index (χ0) is 18.3. The number of anilines is 1. The normalized spacial score (nSPS) is 11.5. The number of carbonyl (C=O) groups is 2. The van der Waals surface area contributed by atoms with Crippen LogP contribution >= 0.6 is 0 Å². The van der Waals surface area contributed by atoms with E-state index in [1.54, 1.807) is 6.92 Å². The fourth-order valence-electron chi connectivity index (χ4n) is 1.66. The molecule has 0 fully saturated rings. The van der Waals surface area contributed by atoms with Crippen LogP contribution in [-0.4, -0.2) is 52.4 Å². The minimum atomic E-state index is -3.66. The summed E-state index contributed by atoms with van der Waals surface area (Å²) in [6.45, 7) is 1.14. The monoisotopic (exact) mass is 356 g/mol. The van der Waals surface area contributed by atoms with Crippen molar-refractivity contribution < 1.29 is 27.5 Å². The standard InChI is InChI=1S/C15H20N2O6S/c1-5-6-15(19)23-10-14(18)16-12-9-11(7-8-13(12)22-4)24(20,21)17(2)3/h5-9H,10H2,1-4H3,(H,16,18)/b6-5+. The average Bonchev–Trinajstić information content (AvgIpc) is 2.53. The van der Waals surface area contributed by atoms with E-state index in [1.165, 1.54) is 51.6 Å². The Hall–Kier alpha value is -2.39. The van der Waals surface area contributed by atoms with E-state index in [0.29, 0.717) is 0 Å². The van der Waals surface area contributed by atoms with Crippen molar-refractivity contribution in [2.75, 3.05) is 33.1 Å². The van der Waals surface area contributed by atoms with Gasteiger partial charge >= 0.3 is 5.97 Å². The molecule has 0 spiro atoms. The number of hydrogen-bond donors (Lipinski definition) is 1. The van der Waals surface area contributed by atoms with Crippen LogP contribution in [0.3, 0.4) is 0 Å². The Morgan fingerprint density at radius 1 is 1.29 bits per heavy atom. The van der Waals surface area contributed by atoms with Crippen molar-refractivity contribution in [1.29, 1.82) is 0 Å². The van der Waals surface area contributed by atoms with Gasteiger partial charge in [-0.1, -0.05) is 6.08 Å². The highest BCUT2D eigenvalue weighted by molar-refractivity contribution is 7.89. The molecule has 0 atom stereocenters. The third kappa shape index (κ3) is 5.07. The van der Waals surface area contributed by atoms with Gasteiger partial charge in [0.25, 0.3) is 5.91 Å². The molecule has 132 valence electrons. The Morgan fingerprint density at radius 2 is 1.96 bits per heavy atom. The Labute approximate surface area is 141 Å². The number of rotatable bonds is 7. The van der Waals surface area contributed by atoms with Crippen LogP contribution in [0.25, 0.3) is 0 Å². The highest BCUT2D eigenvalue weighted by Gasteiger charge is 2.20. The van der Waals surface area contributed by atoms with E-state index in [-0.39, 0.29) is 16.3 Å². The summed E-state index contributed by atoms with van der Waals surface area (Å²) in [5, 5.41) is 2.46. The molecule has 9 heteroatoms. The Bertz CT molecular complexity index is 740. The maximum Gasteiger partial charge on any atom is 0.330 e. The van der Waals surface area contributed by atoms with Gasteiger partial charge in [-0.05, 0) is 25.1 Å². The molecule has 1 aromatic carbocycles. The van der Waals surface area contributed by atoms with Gasteiger partial charge in [0.05, 0.1) is 17.7 Å². The maximum atomic E-state index is 12.2. The number of esters is 1. The third-order valence-corrected chi connectivity index (χ3v) is 4.68. The van der Waals surface area contributed by atoms with E-state index in [2.05, 4.69) is 5.32 Å². The molecule has 1 N–H and O–H groups in total. The molecule has 0 aliphatic heterocycles. The Kier molecular flexibility index (Phi) is 6.93. The van der Waals surface area contributed by atoms with E-state index in [0.717, 1.165) is 4.31 Å². The van der Waals surface area contributed by atoms with Crippen LogP contribution in [-0.2, 0) is 24.3 Å². The maximum absolute atomic E-state index is 12.2. The average molecular weight is 356 g/mol. The van der Waals surface area contributed by atoms with E-state index in [1.807, 2.05) is 0 Å². The molecule has 0 radical (unpaired) electrons. The van der Waals surface area contributed by atoms with Crippen molar-refractivity contribution in [3.8, 4) is 5.75 Å². The van der Waals surface area contributed by atoms with Gasteiger partial charge in [-0.15, -0.1) is 0 Å². The Morgan fingerprint density at radius 3 is 2.50 bits per heavy atom. The molecule has 0 heterocycles. The van der Waals surface area contributed by atoms with Crippen molar-refractivity contribution in [2.45, 2.75) is 11.8 Å². The summed E-state index contributed by atoms with van der Waals surface area (Å²) in [5.74, 6) is -0.991. The molecule has 24 heavy (non-hydrogen) atoms. The number of methoxy groups -OCH3 is 1. The molecule has 0 unspecified atom stereocenters. The summed E-state index contributed by atoms with van der Waals surface area (Å²) < 4.78 is 35.2. The number of carbonyl (C=O) groups excluding carboxylic acids is 2. The molecule has 1 amide bonds. The number of allylic oxidation sites excluding steroid dienone is 1. The van der Waals surface area contributed by atoms with Crippen molar-refractivity contribution in [1.82, 2.24) is 4.31 Å². The zero-order valence-electron chi connectivity index (χ0n) is 13.9. The SMILES string of the molecule is C/C=C/C(=O)OCC(=O)Nc1cc(S(=O)(=O)N(C)C)ccc1OC. The second-order valence-corrected chi connectivity index (χ2v) is 6.96. The first kappa shape index (κ1) is 19.7. The highest BCUT2D eigenvalue weighted by Crippen LogP contribution is 2.28. The lowest BCUT2D eigenvalue weighted by Gasteiger charge is -2.15. The van der Waals surface area contributed by atoms with Gasteiger partial charge < -0.3 is 14.8 Å². The molecule has 0 bridgehead atoms. The van der Waals surface area contributed by atoms with Crippen LogP contribution in [0.4, 0.5) is 5.69 Å². The molecular weight excluding hydrogens is 336 g/mol. The summed E-state index contributed by atoms with van der Waals surface area (Å²) in [7, 11) is 0.527. The van der Waals surface area contributed by atoms with Gasteiger partial charge in [0, 0.05) is 20.2 Å². The van der Waals surface area contributed by atoms with Crippen molar-refractivity contribution in [2.24, 2.45) is 0 Å². The lowest BCUT2D eigenvalue weighted by molar-refractivity contribution is -0.142. The van der Waals surface area contributed by atoms with Crippen LogP contribution < -0.4 is 10.1 Å². The fraction of sp³-hybridized carbons (Fsp3) is 0.333. The molecule has 8 nitrogen and oxygen atoms in total. The summed E-state index contributed by atoms with van der Waals surface area (Å²) >= 11 is 0. The lowest BCUT2D eigenvalue weighted by atomic mass is 10.3. The number of hydrogen-bond acceptors (Lipinski definition) is 6. The number of nitrogens with one attached hydrogen (secondary N) is 1. The summed E-state index contributed by atoms with van der Waals surface area (Å²) in [5.41, 5.74) is 0.160. The topological polar surface area (TPSA) is 102 Å². The van der Waals surface area contributed by atoms with Gasteiger partial charge in [-0.2, -0.15) is 0 Å². The predicted molar refractivity (Wildman–Crippen MR) is 88.3 cm³/mol. The number of nitrogens with zero attached hydrogens (tertiary/aromatic N) is 1. The molecule has 0 saturated carbocycles. The molecule has 1 aromatic rings. The van der Waals surface area contributed by atoms with E-state index >= 15 is 0 Å². The van der Waals surface area contributed by atoms with Gasteiger partial charge in [0.15, 0.2) is 6.61 Å². The first-order valence-corrected chi connectivity index (χ1v) is 8.36. The summed E-state index contributed by atoms with van der Waals surface area (Å²) in [6.07, 6.45) is 2.66. The molecule has 1 rings (SSSR count). The highest BCUT2D eigenvalue weighted by atomic mass is 32.2. The molecule has 0 aromatic heterocycles. The lowest BCUT2D eigenvalue weighted by Crippen LogP contribution is -2.23. The van der Waals surface area contributed by atoms with Gasteiger partial charge in [0.1, 0.15) is 5.75 Å². The molecule has 0 aliphatic carbocycles. The fourth-order valence-corrected chi connectivity index (χ4v) is 2.59. The molecular formula is C15H20N2O6S. The van der Waals surface area contributed by atoms with Gasteiger partial charge in [-0.3, -0.25) is 4.79 Å². The minimum absolute atomic E-state index is 0.00508. The Balaban J connectivity index is 2.97.